The molecular weight excluding hydrogens is 390 g/mol. The molecule has 74 valence electrons. The lowest BCUT2D eigenvalue weighted by atomic mass is 10.5. The summed E-state index contributed by atoms with van der Waals surface area (Å²) < 4.78 is 7.02. The van der Waals surface area contributed by atoms with E-state index in [4.69, 9.17) is 0 Å². The Labute approximate surface area is 107 Å². The monoisotopic (exact) mass is 405 g/mol. The van der Waals surface area contributed by atoms with Gasteiger partial charge < -0.3 is 0 Å². The van der Waals surface area contributed by atoms with Gasteiger partial charge in [-0.25, -0.2) is 9.13 Å². The second-order valence-electron chi connectivity index (χ2n) is 2.97. The van der Waals surface area contributed by atoms with E-state index < -0.39 is 0 Å². The van der Waals surface area contributed by atoms with Gasteiger partial charge in [0.15, 0.2) is 0 Å². The van der Waals surface area contributed by atoms with Gasteiger partial charge in [-0.05, 0) is 12.8 Å². The van der Waals surface area contributed by atoms with E-state index in [1.807, 2.05) is 0 Å². The first kappa shape index (κ1) is 11.7. The molecule has 0 saturated carbocycles. The summed E-state index contributed by atoms with van der Waals surface area (Å²) >= 11 is 4.85. The van der Waals surface area contributed by atoms with Crippen molar-refractivity contribution in [1.82, 2.24) is 4.57 Å². The number of hydrogen-bond donors (Lipinski definition) is 0. The number of imidazole rings is 1. The summed E-state index contributed by atoms with van der Waals surface area (Å²) in [4.78, 5) is 0. The van der Waals surface area contributed by atoms with Crippen LogP contribution in [0.3, 0.4) is 0 Å². The first-order valence-corrected chi connectivity index (χ1v) is 7.58. The fraction of sp³-hybridized carbons (Fsp3) is 0.667. The Kier molecular flexibility index (Phi) is 6.35. The summed E-state index contributed by atoms with van der Waals surface area (Å²) in [5.41, 5.74) is 0. The molecule has 0 saturated heterocycles. The molecule has 0 aromatic carbocycles. The summed E-state index contributed by atoms with van der Waals surface area (Å²) in [7, 11) is 0. The molecule has 13 heavy (non-hydrogen) atoms. The Hall–Kier alpha value is 0.670. The molecule has 0 aliphatic rings. The van der Waals surface area contributed by atoms with Gasteiger partial charge in [-0.1, -0.05) is 45.2 Å². The number of aromatic nitrogens is 2. The molecule has 0 atom stereocenters. The van der Waals surface area contributed by atoms with Crippen molar-refractivity contribution in [2.45, 2.75) is 25.9 Å². The third-order valence-corrected chi connectivity index (χ3v) is 3.37. The van der Waals surface area contributed by atoms with Gasteiger partial charge in [0.25, 0.3) is 0 Å². The van der Waals surface area contributed by atoms with Gasteiger partial charge in [0.05, 0.1) is 13.1 Å². The fourth-order valence-corrected chi connectivity index (χ4v) is 1.87. The van der Waals surface area contributed by atoms with Crippen LogP contribution in [0, 0.1) is 0 Å². The normalized spacial score (nSPS) is 10.6. The van der Waals surface area contributed by atoms with E-state index in [0.29, 0.717) is 0 Å². The number of rotatable bonds is 6. The van der Waals surface area contributed by atoms with E-state index >= 15 is 0 Å². The van der Waals surface area contributed by atoms with Gasteiger partial charge in [0, 0.05) is 8.86 Å². The number of alkyl halides is 2. The maximum atomic E-state index is 2.42. The molecule has 0 aliphatic heterocycles. The summed E-state index contributed by atoms with van der Waals surface area (Å²) in [6.07, 6.45) is 9.07. The third kappa shape index (κ3) is 4.62. The van der Waals surface area contributed by atoms with Crippen LogP contribution in [0.2, 0.25) is 0 Å². The molecule has 0 N–H and O–H groups in total. The zero-order valence-electron chi connectivity index (χ0n) is 7.63. The van der Waals surface area contributed by atoms with Crippen LogP contribution >= 0.6 is 45.2 Å². The highest BCUT2D eigenvalue weighted by Gasteiger charge is 2.01. The molecule has 0 fully saturated rings. The second kappa shape index (κ2) is 7.03. The van der Waals surface area contributed by atoms with Crippen LogP contribution in [0.4, 0.5) is 0 Å². The molecule has 1 rings (SSSR count). The lowest BCUT2D eigenvalue weighted by molar-refractivity contribution is -0.696. The largest absolute Gasteiger partial charge is 0.243 e. The third-order valence-electron chi connectivity index (χ3n) is 1.85. The van der Waals surface area contributed by atoms with E-state index in [1.165, 1.54) is 21.7 Å². The lowest BCUT2D eigenvalue weighted by Crippen LogP contribution is -2.31. The highest BCUT2D eigenvalue weighted by molar-refractivity contribution is 14.1. The summed E-state index contributed by atoms with van der Waals surface area (Å²) in [5, 5.41) is 0. The summed E-state index contributed by atoms with van der Waals surface area (Å²) in [6, 6.07) is 0. The van der Waals surface area contributed by atoms with E-state index in [-0.39, 0.29) is 0 Å². The first-order valence-electron chi connectivity index (χ1n) is 4.53. The lowest BCUT2D eigenvalue weighted by Gasteiger charge is -1.93. The van der Waals surface area contributed by atoms with Crippen molar-refractivity contribution in [3.8, 4) is 0 Å². The van der Waals surface area contributed by atoms with Crippen LogP contribution in [0.25, 0.3) is 0 Å². The van der Waals surface area contributed by atoms with Gasteiger partial charge >= 0.3 is 0 Å². The predicted molar refractivity (Wildman–Crippen MR) is 71.6 cm³/mol. The SMILES string of the molecule is ICCCn1cc[n+](CCCI)c1. The fourth-order valence-electron chi connectivity index (χ4n) is 1.19. The van der Waals surface area contributed by atoms with E-state index in [2.05, 4.69) is 73.0 Å². The average Bonchev–Trinajstić information content (AvgIpc) is 2.59. The van der Waals surface area contributed by atoms with Crippen LogP contribution in [-0.2, 0) is 13.1 Å². The van der Waals surface area contributed by atoms with E-state index in [1.54, 1.807) is 0 Å². The van der Waals surface area contributed by atoms with Gasteiger partial charge in [-0.15, -0.1) is 0 Å². The van der Waals surface area contributed by atoms with Gasteiger partial charge in [0.2, 0.25) is 6.33 Å². The molecular formula is C9H15I2N2+. The van der Waals surface area contributed by atoms with E-state index in [0.717, 1.165) is 13.1 Å². The van der Waals surface area contributed by atoms with Crippen LogP contribution in [0.15, 0.2) is 18.7 Å². The van der Waals surface area contributed by atoms with Crippen molar-refractivity contribution in [1.29, 1.82) is 0 Å². The topological polar surface area (TPSA) is 8.81 Å². The highest BCUT2D eigenvalue weighted by Crippen LogP contribution is 1.94. The minimum absolute atomic E-state index is 1.15. The number of nitrogens with zero attached hydrogens (tertiary/aromatic N) is 2. The van der Waals surface area contributed by atoms with Gasteiger partial charge in [-0.3, -0.25) is 0 Å². The Morgan fingerprint density at radius 1 is 1.15 bits per heavy atom. The Morgan fingerprint density at radius 2 is 1.92 bits per heavy atom. The minimum atomic E-state index is 1.15. The molecule has 1 aromatic rings. The maximum Gasteiger partial charge on any atom is 0.243 e. The van der Waals surface area contributed by atoms with Gasteiger partial charge in [-0.2, -0.15) is 0 Å². The number of aryl methyl sites for hydroxylation is 2. The predicted octanol–water partition coefficient (Wildman–Crippen LogP) is 2.43. The zero-order valence-corrected chi connectivity index (χ0v) is 11.9. The van der Waals surface area contributed by atoms with Crippen molar-refractivity contribution in [2.75, 3.05) is 8.86 Å². The summed E-state index contributed by atoms with van der Waals surface area (Å²) in [5.74, 6) is 0. The van der Waals surface area contributed by atoms with Crippen LogP contribution in [-0.4, -0.2) is 13.4 Å². The van der Waals surface area contributed by atoms with Crippen molar-refractivity contribution in [3.05, 3.63) is 18.7 Å². The van der Waals surface area contributed by atoms with Gasteiger partial charge in [0.1, 0.15) is 12.4 Å². The van der Waals surface area contributed by atoms with Crippen LogP contribution in [0.1, 0.15) is 12.8 Å². The number of hydrogen-bond acceptors (Lipinski definition) is 0. The quantitative estimate of drug-likeness (QED) is 0.391. The molecule has 0 amide bonds. The van der Waals surface area contributed by atoms with Crippen LogP contribution < -0.4 is 4.57 Å². The molecule has 0 unspecified atom stereocenters. The molecule has 0 spiro atoms. The summed E-state index contributed by atoms with van der Waals surface area (Å²) in [6.45, 7) is 2.31. The van der Waals surface area contributed by atoms with Crippen LogP contribution in [0.5, 0.6) is 0 Å². The van der Waals surface area contributed by atoms with Crippen molar-refractivity contribution >= 4 is 45.2 Å². The molecule has 0 bridgehead atoms. The average molecular weight is 405 g/mol. The van der Waals surface area contributed by atoms with Crippen molar-refractivity contribution in [2.24, 2.45) is 0 Å². The maximum absolute atomic E-state index is 2.42. The molecule has 1 heterocycles. The van der Waals surface area contributed by atoms with Crippen molar-refractivity contribution in [3.63, 3.8) is 0 Å². The van der Waals surface area contributed by atoms with E-state index in [9.17, 15) is 0 Å². The second-order valence-corrected chi connectivity index (χ2v) is 5.13. The highest BCUT2D eigenvalue weighted by atomic mass is 127. The molecule has 0 radical (unpaired) electrons. The Balaban J connectivity index is 2.34. The minimum Gasteiger partial charge on any atom is -0.237 e. The molecule has 0 aliphatic carbocycles. The number of halogens is 2. The molecule has 2 nitrogen and oxygen atoms in total. The Bertz CT molecular complexity index is 213. The molecule has 1 aromatic heterocycles. The first-order chi connectivity index (χ1) is 6.36. The standard InChI is InChI=1S/C9H15I2N2/c10-3-1-5-12-7-8-13(9-12)6-2-4-11/h7-9H,1-6H2/q+1. The van der Waals surface area contributed by atoms with Crippen molar-refractivity contribution < 1.29 is 4.57 Å². The Morgan fingerprint density at radius 3 is 2.62 bits per heavy atom. The smallest absolute Gasteiger partial charge is 0.237 e. The molecule has 4 heteroatoms. The zero-order chi connectivity index (χ0) is 9.52.